The summed E-state index contributed by atoms with van der Waals surface area (Å²) >= 11 is 0. The maximum Gasteiger partial charge on any atom is 0.410 e. The molecule has 1 amide bonds. The lowest BCUT2D eigenvalue weighted by Gasteiger charge is -2.33. The fourth-order valence-electron chi connectivity index (χ4n) is 5.97. The number of benzene rings is 2. The van der Waals surface area contributed by atoms with Crippen molar-refractivity contribution in [3.63, 3.8) is 0 Å². The van der Waals surface area contributed by atoms with Gasteiger partial charge < -0.3 is 29.1 Å². The number of esters is 1. The first-order valence-electron chi connectivity index (χ1n) is 16.1. The predicted octanol–water partition coefficient (Wildman–Crippen LogP) is 5.01. The van der Waals surface area contributed by atoms with E-state index in [-0.39, 0.29) is 29.9 Å². The van der Waals surface area contributed by atoms with Crippen molar-refractivity contribution in [1.29, 1.82) is 0 Å². The van der Waals surface area contributed by atoms with Gasteiger partial charge in [0, 0.05) is 32.1 Å². The lowest BCUT2D eigenvalue weighted by atomic mass is 9.91. The van der Waals surface area contributed by atoms with Crippen LogP contribution in [-0.4, -0.2) is 101 Å². The van der Waals surface area contributed by atoms with Crippen LogP contribution in [0.3, 0.4) is 0 Å². The molecule has 11 nitrogen and oxygen atoms in total. The number of fused-ring (bicyclic) bond motifs is 1. The molecule has 47 heavy (non-hydrogen) atoms. The first kappa shape index (κ1) is 34.1. The van der Waals surface area contributed by atoms with Crippen LogP contribution < -0.4 is 4.74 Å². The van der Waals surface area contributed by atoms with E-state index in [1.807, 2.05) is 52.1 Å². The minimum atomic E-state index is -0.898. The van der Waals surface area contributed by atoms with Crippen molar-refractivity contribution in [2.45, 2.75) is 58.3 Å². The van der Waals surface area contributed by atoms with Gasteiger partial charge in [0.25, 0.3) is 0 Å². The van der Waals surface area contributed by atoms with Gasteiger partial charge in [-0.05, 0) is 86.3 Å². The lowest BCUT2D eigenvalue weighted by molar-refractivity contribution is -0.151. The van der Waals surface area contributed by atoms with Crippen molar-refractivity contribution in [3.05, 3.63) is 65.5 Å². The molecule has 12 heteroatoms. The molecule has 1 saturated heterocycles. The summed E-state index contributed by atoms with van der Waals surface area (Å²) in [4.78, 5) is 29.9. The number of likely N-dealkylation sites (N-methyl/N-ethyl adjacent to an activating group) is 1. The van der Waals surface area contributed by atoms with Crippen molar-refractivity contribution in [3.8, 4) is 11.4 Å². The molecule has 2 aliphatic heterocycles. The SMILES string of the molecule is COc1ccc(-n2nnc3c(F)cc(/C=C(\C)[C@H]4OC(=O)C[C@H](O)CC[C@H](C)[C@@H](OC(=O)N5CCN(C)CC5)/C=C/[C@@H]4C)cc32)cc1. The second-order valence-corrected chi connectivity index (χ2v) is 12.7. The zero-order valence-electron chi connectivity index (χ0n) is 27.6. The Morgan fingerprint density at radius 3 is 2.51 bits per heavy atom. The van der Waals surface area contributed by atoms with E-state index < -0.39 is 30.1 Å². The minimum Gasteiger partial charge on any atom is -0.497 e. The van der Waals surface area contributed by atoms with Crippen LogP contribution in [0.1, 0.15) is 45.6 Å². The predicted molar refractivity (Wildman–Crippen MR) is 176 cm³/mol. The van der Waals surface area contributed by atoms with Crippen molar-refractivity contribution in [2.75, 3.05) is 40.3 Å². The molecule has 5 atom stereocenters. The van der Waals surface area contributed by atoms with Gasteiger partial charge in [-0.3, -0.25) is 4.79 Å². The number of carbonyl (C=O) groups is 2. The Morgan fingerprint density at radius 1 is 1.09 bits per heavy atom. The number of aromatic nitrogens is 3. The molecule has 2 aliphatic rings. The normalized spacial score (nSPS) is 25.9. The van der Waals surface area contributed by atoms with E-state index in [0.29, 0.717) is 54.0 Å². The number of ether oxygens (including phenoxy) is 3. The molecule has 5 rings (SSSR count). The Balaban J connectivity index is 1.42. The first-order valence-corrected chi connectivity index (χ1v) is 16.1. The lowest BCUT2D eigenvalue weighted by Crippen LogP contribution is -2.48. The van der Waals surface area contributed by atoms with Gasteiger partial charge in [-0.25, -0.2) is 13.9 Å². The Hall–Kier alpha value is -4.29. The highest BCUT2D eigenvalue weighted by molar-refractivity contribution is 5.80. The number of hydrogen-bond donors (Lipinski definition) is 1. The van der Waals surface area contributed by atoms with Gasteiger partial charge in [0.05, 0.1) is 30.8 Å². The summed E-state index contributed by atoms with van der Waals surface area (Å²) in [7, 11) is 3.61. The van der Waals surface area contributed by atoms with E-state index in [4.69, 9.17) is 14.2 Å². The van der Waals surface area contributed by atoms with Crippen molar-refractivity contribution in [1.82, 2.24) is 24.8 Å². The number of nitrogens with zero attached hydrogens (tertiary/aromatic N) is 5. The highest BCUT2D eigenvalue weighted by atomic mass is 19.1. The second-order valence-electron chi connectivity index (χ2n) is 12.7. The van der Waals surface area contributed by atoms with Crippen molar-refractivity contribution < 1.29 is 33.3 Å². The molecule has 0 bridgehead atoms. The highest BCUT2D eigenvalue weighted by Crippen LogP contribution is 2.28. The van der Waals surface area contributed by atoms with E-state index >= 15 is 4.39 Å². The molecular weight excluding hydrogens is 605 g/mol. The summed E-state index contributed by atoms with van der Waals surface area (Å²) in [6.45, 7) is 8.46. The third kappa shape index (κ3) is 8.36. The quantitative estimate of drug-likeness (QED) is 0.301. The first-order chi connectivity index (χ1) is 22.5. The standard InChI is InChI=1S/C35H44FN5O6/c1-22-6-10-27(42)21-32(43)47-34(23(2)7-13-31(22)46-35(44)40-16-14-39(4)15-17-40)24(3)18-25-19-29(36)33-30(20-25)41(38-37-33)26-8-11-28(45-5)12-9-26/h7-9,11-13,18-20,22-23,27,31,34,42H,6,10,14-17,21H2,1-5H3/b13-7+,24-18+/t22-,23-,27+,31-,34-/m0/s1. The molecule has 3 aromatic rings. The molecule has 0 aliphatic carbocycles. The van der Waals surface area contributed by atoms with Gasteiger partial charge in [-0.2, -0.15) is 0 Å². The number of aliphatic hydroxyl groups is 1. The number of rotatable bonds is 5. The molecule has 0 saturated carbocycles. The van der Waals surface area contributed by atoms with Gasteiger partial charge in [0.15, 0.2) is 5.82 Å². The molecular formula is C35H44FN5O6. The molecule has 252 valence electrons. The van der Waals surface area contributed by atoms with Crippen LogP contribution in [-0.2, 0) is 14.3 Å². The van der Waals surface area contributed by atoms with Crippen LogP contribution in [0.4, 0.5) is 9.18 Å². The summed E-state index contributed by atoms with van der Waals surface area (Å²) in [6.07, 6.45) is 3.77. The third-order valence-corrected chi connectivity index (χ3v) is 8.95. The minimum absolute atomic E-state index is 0.0890. The Kier molecular flexibility index (Phi) is 10.9. The van der Waals surface area contributed by atoms with Crippen molar-refractivity contribution in [2.24, 2.45) is 11.8 Å². The number of cyclic esters (lactones) is 1. The molecule has 1 aromatic heterocycles. The number of carbonyl (C=O) groups excluding carboxylic acids is 2. The van der Waals surface area contributed by atoms with E-state index in [0.717, 1.165) is 13.1 Å². The summed E-state index contributed by atoms with van der Waals surface area (Å²) in [5.41, 5.74) is 2.50. The number of hydrogen-bond acceptors (Lipinski definition) is 9. The number of aliphatic hydroxyl groups excluding tert-OH is 1. The summed E-state index contributed by atoms with van der Waals surface area (Å²) in [5.74, 6) is -0.796. The van der Waals surface area contributed by atoms with Crippen LogP contribution in [0.2, 0.25) is 0 Å². The summed E-state index contributed by atoms with van der Waals surface area (Å²) < 4.78 is 34.0. The zero-order chi connectivity index (χ0) is 33.7. The highest BCUT2D eigenvalue weighted by Gasteiger charge is 2.29. The average Bonchev–Trinajstić information content (AvgIpc) is 3.48. The maximum atomic E-state index is 15.3. The van der Waals surface area contributed by atoms with Crippen molar-refractivity contribution >= 4 is 29.2 Å². The van der Waals surface area contributed by atoms with Gasteiger partial charge in [0.1, 0.15) is 23.5 Å². The van der Waals surface area contributed by atoms with Gasteiger partial charge in [-0.15, -0.1) is 5.10 Å². The van der Waals surface area contributed by atoms with Crippen LogP contribution in [0, 0.1) is 17.7 Å². The number of amides is 1. The van der Waals surface area contributed by atoms with E-state index in [9.17, 15) is 14.7 Å². The molecule has 3 heterocycles. The van der Waals surface area contributed by atoms with E-state index in [2.05, 4.69) is 15.2 Å². The van der Waals surface area contributed by atoms with Gasteiger partial charge >= 0.3 is 12.1 Å². The van der Waals surface area contributed by atoms with E-state index in [1.165, 1.54) is 6.07 Å². The largest absolute Gasteiger partial charge is 0.497 e. The van der Waals surface area contributed by atoms with E-state index in [1.54, 1.807) is 41.0 Å². The molecule has 1 N–H and O–H groups in total. The van der Waals surface area contributed by atoms with Gasteiger partial charge in [-0.1, -0.05) is 31.2 Å². The Morgan fingerprint density at radius 2 is 1.81 bits per heavy atom. The Labute approximate surface area is 274 Å². The zero-order valence-corrected chi connectivity index (χ0v) is 27.6. The fraction of sp³-hybridized carbons (Fsp3) is 0.486. The smallest absolute Gasteiger partial charge is 0.410 e. The van der Waals surface area contributed by atoms with Crippen LogP contribution in [0.15, 0.2) is 54.1 Å². The van der Waals surface area contributed by atoms with Crippen LogP contribution >= 0.6 is 0 Å². The fourth-order valence-corrected chi connectivity index (χ4v) is 5.97. The average molecular weight is 650 g/mol. The molecule has 1 fully saturated rings. The topological polar surface area (TPSA) is 119 Å². The number of halogens is 1. The van der Waals surface area contributed by atoms with Crippen LogP contribution in [0.25, 0.3) is 22.8 Å². The third-order valence-electron chi connectivity index (χ3n) is 8.95. The number of piperazine rings is 1. The second kappa shape index (κ2) is 15.1. The maximum absolute atomic E-state index is 15.3. The van der Waals surface area contributed by atoms with Crippen LogP contribution in [0.5, 0.6) is 5.75 Å². The molecule has 0 spiro atoms. The summed E-state index contributed by atoms with van der Waals surface area (Å²) in [6, 6.07) is 10.3. The molecule has 2 aromatic carbocycles. The molecule has 0 unspecified atom stereocenters. The summed E-state index contributed by atoms with van der Waals surface area (Å²) in [5, 5.41) is 18.9. The number of methoxy groups -OCH3 is 1. The molecule has 0 radical (unpaired) electrons. The Bertz CT molecular complexity index is 1610. The monoisotopic (exact) mass is 649 g/mol. The van der Waals surface area contributed by atoms with Gasteiger partial charge in [0.2, 0.25) is 0 Å².